The third-order valence-electron chi connectivity index (χ3n) is 3.72. The van der Waals surface area contributed by atoms with Gasteiger partial charge in [-0.2, -0.15) is 0 Å². The fourth-order valence-corrected chi connectivity index (χ4v) is 3.08. The Bertz CT molecular complexity index is 921. The average molecular weight is 385 g/mol. The minimum atomic E-state index is -0.726. The van der Waals surface area contributed by atoms with Gasteiger partial charge in [0.15, 0.2) is 5.13 Å². The summed E-state index contributed by atoms with van der Waals surface area (Å²) in [6, 6.07) is 8.40. The van der Waals surface area contributed by atoms with Gasteiger partial charge in [-0.15, -0.1) is 11.3 Å². The molecule has 3 rings (SSSR count). The Morgan fingerprint density at radius 2 is 2.11 bits per heavy atom. The third kappa shape index (κ3) is 4.53. The number of benzene rings is 1. The van der Waals surface area contributed by atoms with E-state index < -0.39 is 6.04 Å². The van der Waals surface area contributed by atoms with Gasteiger partial charge >= 0.3 is 0 Å². The number of nitrogens with one attached hydrogen (secondary N) is 2. The zero-order chi connectivity index (χ0) is 19.2. The highest BCUT2D eigenvalue weighted by Gasteiger charge is 2.19. The molecule has 1 aromatic carbocycles. The van der Waals surface area contributed by atoms with Gasteiger partial charge in [-0.05, 0) is 32.0 Å². The maximum atomic E-state index is 12.3. The SMILES string of the molecule is CCOc1ccccc1-c1csc(NC(=O)C(C)NC(=O)c2ccoc2)n1. The Morgan fingerprint density at radius 3 is 2.85 bits per heavy atom. The van der Waals surface area contributed by atoms with Crippen molar-refractivity contribution in [3.8, 4) is 17.0 Å². The number of rotatable bonds is 7. The molecule has 7 nitrogen and oxygen atoms in total. The van der Waals surface area contributed by atoms with Gasteiger partial charge in [0.1, 0.15) is 18.1 Å². The van der Waals surface area contributed by atoms with E-state index in [1.54, 1.807) is 6.92 Å². The van der Waals surface area contributed by atoms with Gasteiger partial charge in [-0.1, -0.05) is 12.1 Å². The second-order valence-corrected chi connectivity index (χ2v) is 6.52. The van der Waals surface area contributed by atoms with Crippen molar-refractivity contribution in [2.45, 2.75) is 19.9 Å². The number of hydrogen-bond donors (Lipinski definition) is 2. The molecule has 0 aliphatic rings. The standard InChI is InChI=1S/C19H19N3O4S/c1-3-26-16-7-5-4-6-14(16)15-11-27-19(21-15)22-17(23)12(2)20-18(24)13-8-9-25-10-13/h4-12H,3H2,1-2H3,(H,20,24)(H,21,22,23). The van der Waals surface area contributed by atoms with E-state index in [4.69, 9.17) is 9.15 Å². The number of amides is 2. The molecule has 1 atom stereocenters. The molecule has 2 amide bonds. The van der Waals surface area contributed by atoms with Crippen LogP contribution in [0.1, 0.15) is 24.2 Å². The molecule has 27 heavy (non-hydrogen) atoms. The van der Waals surface area contributed by atoms with Crippen LogP contribution in [0.4, 0.5) is 5.13 Å². The molecule has 2 aromatic heterocycles. The molecule has 0 aliphatic heterocycles. The van der Waals surface area contributed by atoms with E-state index in [1.807, 2.05) is 36.6 Å². The first-order valence-electron chi connectivity index (χ1n) is 8.40. The molecule has 0 aliphatic carbocycles. The molecule has 0 fully saturated rings. The molecule has 3 aromatic rings. The molecule has 0 bridgehead atoms. The Kier molecular flexibility index (Phi) is 5.87. The Morgan fingerprint density at radius 1 is 1.30 bits per heavy atom. The summed E-state index contributed by atoms with van der Waals surface area (Å²) in [5, 5.41) is 7.64. The molecular weight excluding hydrogens is 366 g/mol. The summed E-state index contributed by atoms with van der Waals surface area (Å²) in [6.45, 7) is 4.08. The van der Waals surface area contributed by atoms with Crippen molar-refractivity contribution < 1.29 is 18.7 Å². The lowest BCUT2D eigenvalue weighted by atomic mass is 10.1. The fraction of sp³-hybridized carbons (Fsp3) is 0.211. The van der Waals surface area contributed by atoms with Crippen LogP contribution in [0.3, 0.4) is 0 Å². The van der Waals surface area contributed by atoms with Crippen molar-refractivity contribution in [1.29, 1.82) is 0 Å². The molecule has 0 radical (unpaired) electrons. The Labute approximate surface area is 160 Å². The molecule has 0 spiro atoms. The summed E-state index contributed by atoms with van der Waals surface area (Å²) >= 11 is 1.31. The molecule has 0 saturated heterocycles. The van der Waals surface area contributed by atoms with Crippen LogP contribution in [0.5, 0.6) is 5.75 Å². The lowest BCUT2D eigenvalue weighted by molar-refractivity contribution is -0.117. The van der Waals surface area contributed by atoms with Crippen molar-refractivity contribution >= 4 is 28.3 Å². The first kappa shape index (κ1) is 18.7. The van der Waals surface area contributed by atoms with E-state index in [-0.39, 0.29) is 11.8 Å². The van der Waals surface area contributed by atoms with Crippen LogP contribution in [-0.4, -0.2) is 29.4 Å². The molecule has 0 saturated carbocycles. The van der Waals surface area contributed by atoms with Crippen molar-refractivity contribution in [3.05, 3.63) is 53.8 Å². The lowest BCUT2D eigenvalue weighted by Crippen LogP contribution is -2.41. The van der Waals surface area contributed by atoms with Gasteiger partial charge in [0.2, 0.25) is 5.91 Å². The van der Waals surface area contributed by atoms with Crippen LogP contribution < -0.4 is 15.4 Å². The summed E-state index contributed by atoms with van der Waals surface area (Å²) in [7, 11) is 0. The molecule has 8 heteroatoms. The summed E-state index contributed by atoms with van der Waals surface area (Å²) in [6.07, 6.45) is 2.72. The van der Waals surface area contributed by atoms with E-state index in [1.165, 1.54) is 29.9 Å². The highest BCUT2D eigenvalue weighted by molar-refractivity contribution is 7.14. The van der Waals surface area contributed by atoms with Crippen LogP contribution in [0.25, 0.3) is 11.3 Å². The zero-order valence-corrected chi connectivity index (χ0v) is 15.7. The topological polar surface area (TPSA) is 93.5 Å². The van der Waals surface area contributed by atoms with Gasteiger partial charge < -0.3 is 19.8 Å². The van der Waals surface area contributed by atoms with E-state index in [0.29, 0.717) is 17.3 Å². The lowest BCUT2D eigenvalue weighted by Gasteiger charge is -2.12. The zero-order valence-electron chi connectivity index (χ0n) is 14.9. The van der Waals surface area contributed by atoms with Crippen LogP contribution >= 0.6 is 11.3 Å². The average Bonchev–Trinajstić information content (AvgIpc) is 3.34. The van der Waals surface area contributed by atoms with Gasteiger partial charge in [-0.25, -0.2) is 4.98 Å². The summed E-state index contributed by atoms with van der Waals surface area (Å²) in [4.78, 5) is 28.8. The fourth-order valence-electron chi connectivity index (χ4n) is 2.37. The summed E-state index contributed by atoms with van der Waals surface area (Å²) < 4.78 is 10.5. The van der Waals surface area contributed by atoms with Gasteiger partial charge in [0.25, 0.3) is 5.91 Å². The summed E-state index contributed by atoms with van der Waals surface area (Å²) in [5.41, 5.74) is 1.94. The highest BCUT2D eigenvalue weighted by Crippen LogP contribution is 2.32. The number of thiazole rings is 1. The Hall–Kier alpha value is -3.13. The Balaban J connectivity index is 1.65. The molecule has 1 unspecified atom stereocenters. The van der Waals surface area contributed by atoms with Crippen molar-refractivity contribution in [3.63, 3.8) is 0 Å². The molecular formula is C19H19N3O4S. The smallest absolute Gasteiger partial charge is 0.255 e. The number of para-hydroxylation sites is 1. The van der Waals surface area contributed by atoms with E-state index in [9.17, 15) is 9.59 Å². The second-order valence-electron chi connectivity index (χ2n) is 5.66. The second kappa shape index (κ2) is 8.50. The molecule has 140 valence electrons. The van der Waals surface area contributed by atoms with Crippen LogP contribution in [0.15, 0.2) is 52.7 Å². The number of furan rings is 1. The number of anilines is 1. The maximum absolute atomic E-state index is 12.3. The van der Waals surface area contributed by atoms with Crippen LogP contribution in [-0.2, 0) is 4.79 Å². The first-order valence-corrected chi connectivity index (χ1v) is 9.28. The minimum Gasteiger partial charge on any atom is -0.493 e. The number of nitrogens with zero attached hydrogens (tertiary/aromatic N) is 1. The minimum absolute atomic E-state index is 0.356. The monoisotopic (exact) mass is 385 g/mol. The van der Waals surface area contributed by atoms with E-state index in [2.05, 4.69) is 15.6 Å². The van der Waals surface area contributed by atoms with Crippen LogP contribution in [0.2, 0.25) is 0 Å². The largest absolute Gasteiger partial charge is 0.493 e. The third-order valence-corrected chi connectivity index (χ3v) is 4.48. The van der Waals surface area contributed by atoms with Crippen molar-refractivity contribution in [1.82, 2.24) is 10.3 Å². The van der Waals surface area contributed by atoms with Gasteiger partial charge in [0.05, 0.1) is 24.1 Å². The van der Waals surface area contributed by atoms with E-state index in [0.717, 1.165) is 17.0 Å². The number of aromatic nitrogens is 1. The van der Waals surface area contributed by atoms with Crippen LogP contribution in [0, 0.1) is 0 Å². The maximum Gasteiger partial charge on any atom is 0.255 e. The van der Waals surface area contributed by atoms with E-state index >= 15 is 0 Å². The predicted octanol–water partition coefficient (Wildman–Crippen LogP) is 3.56. The number of carbonyl (C=O) groups is 2. The molecule has 2 heterocycles. The van der Waals surface area contributed by atoms with Crippen molar-refractivity contribution in [2.75, 3.05) is 11.9 Å². The normalized spacial score (nSPS) is 11.6. The molecule has 2 N–H and O–H groups in total. The summed E-state index contributed by atoms with van der Waals surface area (Å²) in [5.74, 6) is 0.00614. The highest BCUT2D eigenvalue weighted by atomic mass is 32.1. The quantitative estimate of drug-likeness (QED) is 0.649. The number of carbonyl (C=O) groups excluding carboxylic acids is 2. The van der Waals surface area contributed by atoms with Gasteiger partial charge in [0, 0.05) is 10.9 Å². The first-order chi connectivity index (χ1) is 13.1. The predicted molar refractivity (Wildman–Crippen MR) is 103 cm³/mol. The van der Waals surface area contributed by atoms with Crippen molar-refractivity contribution in [2.24, 2.45) is 0 Å². The van der Waals surface area contributed by atoms with Gasteiger partial charge in [-0.3, -0.25) is 9.59 Å². The number of hydrogen-bond acceptors (Lipinski definition) is 6. The number of ether oxygens (including phenoxy) is 1.